The Morgan fingerprint density at radius 1 is 0.871 bits per heavy atom. The van der Waals surface area contributed by atoms with Crippen LogP contribution < -0.4 is 5.32 Å². The monoisotopic (exact) mass is 519 g/mol. The fourth-order valence-corrected chi connectivity index (χ4v) is 4.55. The van der Waals surface area contributed by atoms with Crippen LogP contribution in [0.15, 0.2) is 59.1 Å². The van der Waals surface area contributed by atoms with Crippen molar-refractivity contribution in [1.29, 1.82) is 0 Å². The number of carbonyl (C=O) groups excluding carboxylic acids is 1. The molecule has 0 spiro atoms. The van der Waals surface area contributed by atoms with Crippen LogP contribution in [0.1, 0.15) is 15.9 Å². The van der Waals surface area contributed by atoms with Crippen LogP contribution in [-0.2, 0) is 6.54 Å². The summed E-state index contributed by atoms with van der Waals surface area (Å²) in [6.07, 6.45) is 0. The van der Waals surface area contributed by atoms with E-state index in [1.54, 1.807) is 0 Å². The number of amides is 1. The Labute approximate surface area is 201 Å². The number of hydrogen-bond acceptors (Lipinski definition) is 3. The van der Waals surface area contributed by atoms with E-state index >= 15 is 0 Å². The van der Waals surface area contributed by atoms with Gasteiger partial charge in [-0.15, -0.1) is 0 Å². The molecule has 0 aliphatic carbocycles. The minimum Gasteiger partial charge on any atom is -0.351 e. The van der Waals surface area contributed by atoms with Gasteiger partial charge in [0, 0.05) is 55.8 Å². The van der Waals surface area contributed by atoms with Gasteiger partial charge in [-0.05, 0) is 52.7 Å². The molecule has 0 radical (unpaired) electrons. The zero-order chi connectivity index (χ0) is 21.8. The standard InChI is InChI=1S/C24H24BrCl2N3O/c25-21-5-4-18-14-20(3-2-19(18)15-21)24(31)28-7-8-29-9-11-30(12-10-29)16-17-1-6-22(26)23(27)13-17/h1-6,13-15H,7-12,16H2,(H,28,31). The van der Waals surface area contributed by atoms with Crippen molar-refractivity contribution in [2.75, 3.05) is 39.3 Å². The summed E-state index contributed by atoms with van der Waals surface area (Å²) in [6, 6.07) is 17.7. The van der Waals surface area contributed by atoms with Crippen LogP contribution in [-0.4, -0.2) is 55.0 Å². The Balaban J connectivity index is 1.21. The molecule has 1 heterocycles. The van der Waals surface area contributed by atoms with Crippen LogP contribution in [0.2, 0.25) is 10.0 Å². The lowest BCUT2D eigenvalue weighted by Gasteiger charge is -2.34. The van der Waals surface area contributed by atoms with E-state index in [-0.39, 0.29) is 5.91 Å². The highest BCUT2D eigenvalue weighted by molar-refractivity contribution is 9.10. The average Bonchev–Trinajstić information content (AvgIpc) is 2.77. The largest absolute Gasteiger partial charge is 0.351 e. The second-order valence-corrected chi connectivity index (χ2v) is 9.56. The average molecular weight is 521 g/mol. The third-order valence-electron chi connectivity index (χ3n) is 5.63. The van der Waals surface area contributed by atoms with Crippen LogP contribution in [0.3, 0.4) is 0 Å². The molecule has 3 aromatic carbocycles. The van der Waals surface area contributed by atoms with Gasteiger partial charge in [0.05, 0.1) is 10.0 Å². The molecule has 1 aliphatic heterocycles. The van der Waals surface area contributed by atoms with Crippen LogP contribution in [0.4, 0.5) is 0 Å². The van der Waals surface area contributed by atoms with Crippen LogP contribution in [0, 0.1) is 0 Å². The number of carbonyl (C=O) groups is 1. The lowest BCUT2D eigenvalue weighted by Crippen LogP contribution is -2.48. The topological polar surface area (TPSA) is 35.6 Å². The SMILES string of the molecule is O=C(NCCN1CCN(Cc2ccc(Cl)c(Cl)c2)CC1)c1ccc2cc(Br)ccc2c1. The molecule has 1 saturated heterocycles. The molecule has 0 unspecified atom stereocenters. The third kappa shape index (κ3) is 5.99. The van der Waals surface area contributed by atoms with Crippen molar-refractivity contribution in [3.8, 4) is 0 Å². The van der Waals surface area contributed by atoms with Gasteiger partial charge in [0.1, 0.15) is 0 Å². The van der Waals surface area contributed by atoms with E-state index in [1.807, 2.05) is 48.5 Å². The summed E-state index contributed by atoms with van der Waals surface area (Å²) in [5, 5.41) is 6.43. The highest BCUT2D eigenvalue weighted by Gasteiger charge is 2.17. The summed E-state index contributed by atoms with van der Waals surface area (Å²) < 4.78 is 1.04. The molecule has 0 saturated carbocycles. The number of nitrogens with one attached hydrogen (secondary N) is 1. The van der Waals surface area contributed by atoms with Crippen molar-refractivity contribution < 1.29 is 4.79 Å². The van der Waals surface area contributed by atoms with Crippen molar-refractivity contribution in [3.05, 3.63) is 80.2 Å². The number of benzene rings is 3. The molecule has 1 N–H and O–H groups in total. The second kappa shape index (κ2) is 10.3. The minimum atomic E-state index is -0.0249. The second-order valence-electron chi connectivity index (χ2n) is 7.83. The highest BCUT2D eigenvalue weighted by Crippen LogP contribution is 2.23. The van der Waals surface area contributed by atoms with Crippen molar-refractivity contribution >= 4 is 55.8 Å². The zero-order valence-electron chi connectivity index (χ0n) is 17.1. The molecular weight excluding hydrogens is 497 g/mol. The van der Waals surface area contributed by atoms with E-state index in [0.29, 0.717) is 22.2 Å². The number of rotatable bonds is 6. The van der Waals surface area contributed by atoms with Gasteiger partial charge in [-0.3, -0.25) is 14.6 Å². The van der Waals surface area contributed by atoms with E-state index in [0.717, 1.165) is 54.5 Å². The normalized spacial score (nSPS) is 15.3. The molecule has 7 heteroatoms. The van der Waals surface area contributed by atoms with E-state index < -0.39 is 0 Å². The Morgan fingerprint density at radius 2 is 1.58 bits per heavy atom. The van der Waals surface area contributed by atoms with Gasteiger partial charge in [-0.1, -0.05) is 57.3 Å². The summed E-state index contributed by atoms with van der Waals surface area (Å²) in [5.74, 6) is -0.0249. The smallest absolute Gasteiger partial charge is 0.251 e. The molecule has 1 aliphatic rings. The first-order valence-electron chi connectivity index (χ1n) is 10.3. The van der Waals surface area contributed by atoms with Gasteiger partial charge in [0.2, 0.25) is 0 Å². The number of piperazine rings is 1. The zero-order valence-corrected chi connectivity index (χ0v) is 20.2. The van der Waals surface area contributed by atoms with Gasteiger partial charge in [-0.2, -0.15) is 0 Å². The maximum absolute atomic E-state index is 12.5. The van der Waals surface area contributed by atoms with Gasteiger partial charge in [-0.25, -0.2) is 0 Å². The van der Waals surface area contributed by atoms with Gasteiger partial charge in [0.15, 0.2) is 0 Å². The van der Waals surface area contributed by atoms with E-state index in [1.165, 1.54) is 5.56 Å². The van der Waals surface area contributed by atoms with Crippen LogP contribution >= 0.6 is 39.1 Å². The minimum absolute atomic E-state index is 0.0249. The summed E-state index contributed by atoms with van der Waals surface area (Å²) in [4.78, 5) is 17.3. The highest BCUT2D eigenvalue weighted by atomic mass is 79.9. The van der Waals surface area contributed by atoms with Gasteiger partial charge in [0.25, 0.3) is 5.91 Å². The van der Waals surface area contributed by atoms with Crippen LogP contribution in [0.25, 0.3) is 10.8 Å². The maximum atomic E-state index is 12.5. The van der Waals surface area contributed by atoms with Crippen molar-refractivity contribution in [3.63, 3.8) is 0 Å². The molecule has 4 rings (SSSR count). The van der Waals surface area contributed by atoms with Crippen molar-refractivity contribution in [1.82, 2.24) is 15.1 Å². The fraction of sp³-hybridized carbons (Fsp3) is 0.292. The Bertz CT molecular complexity index is 1080. The fourth-order valence-electron chi connectivity index (χ4n) is 3.85. The lowest BCUT2D eigenvalue weighted by molar-refractivity contribution is 0.0934. The summed E-state index contributed by atoms with van der Waals surface area (Å²) >= 11 is 15.6. The molecule has 31 heavy (non-hydrogen) atoms. The molecule has 0 bridgehead atoms. The van der Waals surface area contributed by atoms with Gasteiger partial charge >= 0.3 is 0 Å². The molecular formula is C24H24BrCl2N3O. The van der Waals surface area contributed by atoms with Crippen LogP contribution in [0.5, 0.6) is 0 Å². The van der Waals surface area contributed by atoms with Crippen molar-refractivity contribution in [2.45, 2.75) is 6.54 Å². The first kappa shape index (κ1) is 22.6. The molecule has 3 aromatic rings. The molecule has 0 aromatic heterocycles. The predicted molar refractivity (Wildman–Crippen MR) is 132 cm³/mol. The van der Waals surface area contributed by atoms with E-state index in [2.05, 4.69) is 37.1 Å². The van der Waals surface area contributed by atoms with Crippen molar-refractivity contribution in [2.24, 2.45) is 0 Å². The maximum Gasteiger partial charge on any atom is 0.251 e. The number of fused-ring (bicyclic) bond motifs is 1. The quantitative estimate of drug-likeness (QED) is 0.469. The molecule has 1 amide bonds. The number of halogens is 3. The molecule has 1 fully saturated rings. The predicted octanol–water partition coefficient (Wildman–Crippen LogP) is 5.46. The lowest BCUT2D eigenvalue weighted by atomic mass is 10.1. The summed E-state index contributed by atoms with van der Waals surface area (Å²) in [7, 11) is 0. The summed E-state index contributed by atoms with van der Waals surface area (Å²) in [6.45, 7) is 6.34. The molecule has 4 nitrogen and oxygen atoms in total. The Hall–Kier alpha value is -1.63. The molecule has 0 atom stereocenters. The first-order chi connectivity index (χ1) is 15.0. The van der Waals surface area contributed by atoms with E-state index in [4.69, 9.17) is 23.2 Å². The summed E-state index contributed by atoms with van der Waals surface area (Å²) in [5.41, 5.74) is 1.87. The number of hydrogen-bond donors (Lipinski definition) is 1. The van der Waals surface area contributed by atoms with E-state index in [9.17, 15) is 4.79 Å². The number of nitrogens with zero attached hydrogens (tertiary/aromatic N) is 2. The first-order valence-corrected chi connectivity index (χ1v) is 11.9. The molecule has 162 valence electrons. The third-order valence-corrected chi connectivity index (χ3v) is 6.87. The Kier molecular flexibility index (Phi) is 7.51. The van der Waals surface area contributed by atoms with Gasteiger partial charge < -0.3 is 5.32 Å². The Morgan fingerprint density at radius 3 is 2.35 bits per heavy atom.